The van der Waals surface area contributed by atoms with E-state index in [0.717, 1.165) is 11.8 Å². The van der Waals surface area contributed by atoms with Gasteiger partial charge in [0.2, 0.25) is 17.5 Å². The van der Waals surface area contributed by atoms with Crippen LogP contribution in [0.25, 0.3) is 0 Å². The quantitative estimate of drug-likeness (QED) is 0.0967. The van der Waals surface area contributed by atoms with E-state index in [2.05, 4.69) is 41.4 Å². The first-order chi connectivity index (χ1) is 17.3. The van der Waals surface area contributed by atoms with Crippen LogP contribution < -0.4 is 10.6 Å². The summed E-state index contributed by atoms with van der Waals surface area (Å²) in [5, 5.41) is 31.8. The van der Waals surface area contributed by atoms with Gasteiger partial charge in [0, 0.05) is 29.4 Å². The molecule has 0 saturated carbocycles. The second-order valence-corrected chi connectivity index (χ2v) is 10.3. The number of fused-ring (bicyclic) bond motifs is 1. The van der Waals surface area contributed by atoms with Crippen LogP contribution in [0.4, 0.5) is 5.69 Å². The molecule has 2 aromatic rings. The molecule has 2 fully saturated rings. The van der Waals surface area contributed by atoms with Gasteiger partial charge in [-0.25, -0.2) is 0 Å². The number of oxime groups is 1. The Morgan fingerprint density at radius 2 is 2.31 bits per heavy atom. The summed E-state index contributed by atoms with van der Waals surface area (Å²) in [5.74, 6) is -1.96. The van der Waals surface area contributed by atoms with Gasteiger partial charge in [-0.2, -0.15) is 5.21 Å². The van der Waals surface area contributed by atoms with E-state index in [9.17, 15) is 24.3 Å². The summed E-state index contributed by atoms with van der Waals surface area (Å²) in [6.45, 7) is 1.71. The number of thioether (sulfide) groups is 2. The lowest BCUT2D eigenvalue weighted by Crippen LogP contribution is -2.74. The first-order valence-electron chi connectivity index (χ1n) is 10.4. The van der Waals surface area contributed by atoms with Gasteiger partial charge in [-0.3, -0.25) is 24.2 Å². The average molecular weight is 536 g/mol. The van der Waals surface area contributed by atoms with E-state index in [1.165, 1.54) is 42.1 Å². The van der Waals surface area contributed by atoms with Crippen LogP contribution in [0.5, 0.6) is 0 Å². The maximum Gasteiger partial charge on any atom is 0.313 e. The fraction of sp³-hybridized carbons (Fsp3) is 0.421. The summed E-state index contributed by atoms with van der Waals surface area (Å²) >= 11 is 2.42. The van der Waals surface area contributed by atoms with Crippen LogP contribution in [0.1, 0.15) is 12.6 Å². The monoisotopic (exact) mass is 535 g/mol. The number of amides is 3. The SMILES string of the molecule is CON=C(C(=O)NC1C(=O)N2CC(C(=O)O)(C(C)Sc3nn[nH]n3)CS[C@H]12)c1cc(NC=O)ccn1. The number of H-pyrrole nitrogens is 1. The number of aromatic nitrogens is 5. The van der Waals surface area contributed by atoms with Crippen molar-refractivity contribution in [3.63, 3.8) is 0 Å². The zero-order valence-electron chi connectivity index (χ0n) is 18.9. The molecule has 0 spiro atoms. The summed E-state index contributed by atoms with van der Waals surface area (Å²) in [7, 11) is 1.26. The number of pyridine rings is 1. The van der Waals surface area contributed by atoms with E-state index < -0.39 is 39.9 Å². The Bertz CT molecular complexity index is 1200. The number of nitrogens with zero attached hydrogens (tertiary/aromatic N) is 6. The lowest BCUT2D eigenvalue weighted by Gasteiger charge is -2.54. The fourth-order valence-corrected chi connectivity index (χ4v) is 6.60. The summed E-state index contributed by atoms with van der Waals surface area (Å²) < 4.78 is 0. The molecule has 15 nitrogen and oxygen atoms in total. The predicted octanol–water partition coefficient (Wildman–Crippen LogP) is -0.835. The molecule has 0 aliphatic carbocycles. The normalized spacial score (nSPS) is 24.2. The van der Waals surface area contributed by atoms with Crippen molar-refractivity contribution >= 4 is 59.1 Å². The first-order valence-corrected chi connectivity index (χ1v) is 12.4. The number of hydrogen-bond donors (Lipinski definition) is 4. The maximum atomic E-state index is 13.0. The van der Waals surface area contributed by atoms with Gasteiger partial charge in [-0.05, 0) is 17.3 Å². The van der Waals surface area contributed by atoms with Gasteiger partial charge in [0.05, 0.1) is 5.69 Å². The van der Waals surface area contributed by atoms with Gasteiger partial charge >= 0.3 is 5.97 Å². The minimum atomic E-state index is -1.25. The summed E-state index contributed by atoms with van der Waals surface area (Å²) in [6, 6.07) is 2.08. The Morgan fingerprint density at radius 1 is 1.50 bits per heavy atom. The molecule has 2 aliphatic rings. The molecule has 36 heavy (non-hydrogen) atoms. The van der Waals surface area contributed by atoms with Crippen molar-refractivity contribution in [1.29, 1.82) is 0 Å². The van der Waals surface area contributed by atoms with Crippen molar-refractivity contribution < 1.29 is 29.1 Å². The van der Waals surface area contributed by atoms with Crippen LogP contribution in [0.2, 0.25) is 0 Å². The smallest absolute Gasteiger partial charge is 0.313 e. The highest BCUT2D eigenvalue weighted by Crippen LogP contribution is 2.47. The third kappa shape index (κ3) is 4.70. The van der Waals surface area contributed by atoms with Crippen LogP contribution in [-0.4, -0.2) is 102 Å². The molecule has 2 saturated heterocycles. The van der Waals surface area contributed by atoms with E-state index in [1.807, 2.05) is 0 Å². The number of carboxylic acids is 1. The van der Waals surface area contributed by atoms with Crippen LogP contribution in [0, 0.1) is 5.41 Å². The highest BCUT2D eigenvalue weighted by Gasteiger charge is 2.59. The van der Waals surface area contributed by atoms with E-state index in [1.54, 1.807) is 6.92 Å². The zero-order chi connectivity index (χ0) is 25.9. The average Bonchev–Trinajstić information content (AvgIpc) is 3.38. The lowest BCUT2D eigenvalue weighted by atomic mass is 9.84. The number of rotatable bonds is 10. The number of β-lactam (4-membered cyclic amide) rings is 1. The predicted molar refractivity (Wildman–Crippen MR) is 127 cm³/mol. The van der Waals surface area contributed by atoms with Crippen LogP contribution in [0.15, 0.2) is 28.6 Å². The molecule has 0 bridgehead atoms. The molecule has 3 amide bonds. The topological polar surface area (TPSA) is 205 Å². The number of carboxylic acid groups (broad SMARTS) is 1. The number of nitrogens with one attached hydrogen (secondary N) is 3. The zero-order valence-corrected chi connectivity index (χ0v) is 20.6. The van der Waals surface area contributed by atoms with Crippen molar-refractivity contribution in [1.82, 2.24) is 35.8 Å². The standard InChI is InChI=1S/C19H21N9O6S2/c1-9(36-18-23-26-27-24-18)19(17(32)33)6-28-15(31)13(16(28)35-7-19)22-14(30)12(25-34-2)11-5-10(21-8-29)3-4-20-11/h3-5,8-9,13,16H,6-7H2,1-2H3,(H,22,30)(H,32,33)(H,20,21,29)(H,23,24,26,27)/t9?,13?,16-,19?/m1/s1. The van der Waals surface area contributed by atoms with Crippen molar-refractivity contribution in [2.75, 3.05) is 24.7 Å². The van der Waals surface area contributed by atoms with Crippen molar-refractivity contribution in [2.45, 2.75) is 28.7 Å². The number of aliphatic carboxylic acids is 1. The third-order valence-electron chi connectivity index (χ3n) is 5.83. The van der Waals surface area contributed by atoms with Gasteiger partial charge in [0.15, 0.2) is 5.71 Å². The Hall–Kier alpha value is -3.73. The van der Waals surface area contributed by atoms with E-state index >= 15 is 0 Å². The van der Waals surface area contributed by atoms with Gasteiger partial charge in [0.1, 0.15) is 23.9 Å². The molecule has 0 radical (unpaired) electrons. The Labute approximate surface area is 212 Å². The second kappa shape index (κ2) is 10.5. The molecule has 0 aromatic carbocycles. The largest absolute Gasteiger partial charge is 0.481 e. The number of carbonyl (C=O) groups excluding carboxylic acids is 3. The Balaban J connectivity index is 1.46. The molecule has 3 unspecified atom stereocenters. The van der Waals surface area contributed by atoms with Crippen molar-refractivity contribution in [2.24, 2.45) is 10.6 Å². The van der Waals surface area contributed by atoms with Crippen molar-refractivity contribution in [3.8, 4) is 0 Å². The molecule has 17 heteroatoms. The molecular weight excluding hydrogens is 514 g/mol. The number of hydrogen-bond acceptors (Lipinski definition) is 12. The number of tetrazole rings is 1. The summed E-state index contributed by atoms with van der Waals surface area (Å²) in [6.07, 6.45) is 1.86. The fourth-order valence-electron chi connectivity index (χ4n) is 3.84. The van der Waals surface area contributed by atoms with Gasteiger partial charge in [-0.1, -0.05) is 23.8 Å². The highest BCUT2D eigenvalue weighted by molar-refractivity contribution is 8.01. The lowest BCUT2D eigenvalue weighted by molar-refractivity contribution is -0.158. The van der Waals surface area contributed by atoms with Gasteiger partial charge < -0.3 is 25.5 Å². The van der Waals surface area contributed by atoms with Crippen LogP contribution in [-0.2, 0) is 24.0 Å². The maximum absolute atomic E-state index is 13.0. The molecule has 4 heterocycles. The molecule has 4 N–H and O–H groups in total. The van der Waals surface area contributed by atoms with E-state index in [-0.39, 0.29) is 23.7 Å². The minimum absolute atomic E-state index is 0.0306. The molecule has 4 rings (SSSR count). The second-order valence-electron chi connectivity index (χ2n) is 7.85. The number of carbonyl (C=O) groups is 4. The minimum Gasteiger partial charge on any atom is -0.481 e. The summed E-state index contributed by atoms with van der Waals surface area (Å²) in [4.78, 5) is 59.3. The molecule has 190 valence electrons. The first kappa shape index (κ1) is 25.4. The number of anilines is 1. The third-order valence-corrected chi connectivity index (χ3v) is 8.57. The molecule has 2 aliphatic heterocycles. The van der Waals surface area contributed by atoms with Crippen molar-refractivity contribution in [3.05, 3.63) is 24.0 Å². The Morgan fingerprint density at radius 3 is 2.97 bits per heavy atom. The van der Waals surface area contributed by atoms with Crippen LogP contribution >= 0.6 is 23.5 Å². The van der Waals surface area contributed by atoms with Crippen LogP contribution in [0.3, 0.4) is 0 Å². The van der Waals surface area contributed by atoms with E-state index in [0.29, 0.717) is 17.3 Å². The molecule has 4 atom stereocenters. The molecular formula is C19H21N9O6S2. The van der Waals surface area contributed by atoms with Gasteiger partial charge in [-0.15, -0.1) is 22.0 Å². The highest BCUT2D eigenvalue weighted by atomic mass is 32.2. The molecule has 2 aromatic heterocycles. The summed E-state index contributed by atoms with van der Waals surface area (Å²) in [5.41, 5.74) is -0.934. The van der Waals surface area contributed by atoms with E-state index in [4.69, 9.17) is 4.84 Å². The number of aromatic amines is 1. The van der Waals surface area contributed by atoms with Gasteiger partial charge in [0.25, 0.3) is 5.91 Å². The Kier molecular flexibility index (Phi) is 7.39.